The average molecular weight is 363 g/mol. The fraction of sp³-hybridized carbons (Fsp3) is 0.444. The highest BCUT2D eigenvalue weighted by atomic mass is 19.1. The van der Waals surface area contributed by atoms with Gasteiger partial charge in [-0.25, -0.2) is 9.40 Å². The lowest BCUT2D eigenvalue weighted by atomic mass is 9.90. The van der Waals surface area contributed by atoms with Gasteiger partial charge < -0.3 is 10.4 Å². The van der Waals surface area contributed by atoms with Crippen LogP contribution in [0.25, 0.3) is 0 Å². The molecule has 0 bridgehead atoms. The van der Waals surface area contributed by atoms with Crippen molar-refractivity contribution in [3.63, 3.8) is 0 Å². The van der Waals surface area contributed by atoms with E-state index in [-0.39, 0.29) is 49.8 Å². The number of hydrogen-bond acceptors (Lipinski definition) is 4. The Hall–Kier alpha value is -2.77. The number of carboxylic acid groups (broad SMARTS) is 1. The van der Waals surface area contributed by atoms with E-state index in [0.29, 0.717) is 5.56 Å². The van der Waals surface area contributed by atoms with Crippen LogP contribution in [0.3, 0.4) is 0 Å². The number of benzene rings is 1. The van der Waals surface area contributed by atoms with Crippen LogP contribution in [0, 0.1) is 11.2 Å². The first-order valence-corrected chi connectivity index (χ1v) is 8.33. The van der Waals surface area contributed by atoms with Gasteiger partial charge in [0.25, 0.3) is 5.91 Å². The predicted molar refractivity (Wildman–Crippen MR) is 92.7 cm³/mol. The third-order valence-electron chi connectivity index (χ3n) is 4.23. The molecule has 8 heteroatoms. The number of carbonyl (C=O) groups is 3. The predicted octanol–water partition coefficient (Wildman–Crippen LogP) is 1.92. The van der Waals surface area contributed by atoms with E-state index in [4.69, 9.17) is 5.11 Å². The Morgan fingerprint density at radius 2 is 1.92 bits per heavy atom. The molecule has 140 valence electrons. The van der Waals surface area contributed by atoms with Crippen LogP contribution in [0.2, 0.25) is 0 Å². The van der Waals surface area contributed by atoms with Crippen molar-refractivity contribution in [1.82, 2.24) is 10.3 Å². The minimum Gasteiger partial charge on any atom is -0.481 e. The number of carboxylic acids is 1. The van der Waals surface area contributed by atoms with Crippen molar-refractivity contribution in [2.24, 2.45) is 10.5 Å². The fourth-order valence-corrected chi connectivity index (χ4v) is 2.35. The molecule has 0 aliphatic carbocycles. The van der Waals surface area contributed by atoms with Crippen molar-refractivity contribution >= 4 is 23.5 Å². The molecule has 2 rings (SSSR count). The molecule has 7 nitrogen and oxygen atoms in total. The molecule has 0 aromatic heterocycles. The van der Waals surface area contributed by atoms with Crippen molar-refractivity contribution in [2.75, 3.05) is 6.54 Å². The summed E-state index contributed by atoms with van der Waals surface area (Å²) in [6.45, 7) is 3.52. The Balaban J connectivity index is 1.97. The minimum atomic E-state index is -0.938. The SMILES string of the molecule is CC(C)(CCNC(=O)C1=NN(Cc2ccc(F)cc2)C(=O)CC1)C(=O)O. The number of carbonyl (C=O) groups excluding carboxylic acids is 2. The zero-order chi connectivity index (χ0) is 19.3. The third-order valence-corrected chi connectivity index (χ3v) is 4.23. The van der Waals surface area contributed by atoms with E-state index in [9.17, 15) is 18.8 Å². The summed E-state index contributed by atoms with van der Waals surface area (Å²) in [6, 6.07) is 5.71. The van der Waals surface area contributed by atoms with Crippen LogP contribution >= 0.6 is 0 Å². The molecular formula is C18H22FN3O4. The maximum atomic E-state index is 13.0. The molecule has 0 saturated heterocycles. The van der Waals surface area contributed by atoms with Crippen LogP contribution < -0.4 is 5.32 Å². The number of hydrogen-bond donors (Lipinski definition) is 2. The second kappa shape index (κ2) is 8.07. The topological polar surface area (TPSA) is 99.1 Å². The Kier molecular flexibility index (Phi) is 6.07. The molecule has 1 aromatic rings. The normalized spacial score (nSPS) is 14.8. The molecule has 0 spiro atoms. The van der Waals surface area contributed by atoms with Gasteiger partial charge in [0.15, 0.2) is 0 Å². The summed E-state index contributed by atoms with van der Waals surface area (Å²) >= 11 is 0. The van der Waals surface area contributed by atoms with Gasteiger partial charge in [0, 0.05) is 19.4 Å². The van der Waals surface area contributed by atoms with E-state index in [1.807, 2.05) is 0 Å². The van der Waals surface area contributed by atoms with Crippen LogP contribution in [0.1, 0.15) is 38.7 Å². The van der Waals surface area contributed by atoms with E-state index in [0.717, 1.165) is 0 Å². The van der Waals surface area contributed by atoms with Gasteiger partial charge in [-0.2, -0.15) is 5.10 Å². The highest BCUT2D eigenvalue weighted by Gasteiger charge is 2.28. The quantitative estimate of drug-likeness (QED) is 0.773. The Morgan fingerprint density at radius 3 is 2.54 bits per heavy atom. The molecule has 26 heavy (non-hydrogen) atoms. The van der Waals surface area contributed by atoms with Gasteiger partial charge in [-0.3, -0.25) is 14.4 Å². The summed E-state index contributed by atoms with van der Waals surface area (Å²) in [7, 11) is 0. The molecule has 1 aromatic carbocycles. The Bertz CT molecular complexity index is 728. The number of aliphatic carboxylic acids is 1. The summed E-state index contributed by atoms with van der Waals surface area (Å²) in [5, 5.41) is 17.0. The first kappa shape index (κ1) is 19.6. The number of nitrogens with one attached hydrogen (secondary N) is 1. The summed E-state index contributed by atoms with van der Waals surface area (Å²) in [5.74, 6) is -1.93. The second-order valence-corrected chi connectivity index (χ2v) is 6.82. The summed E-state index contributed by atoms with van der Waals surface area (Å²) < 4.78 is 13.0. The van der Waals surface area contributed by atoms with E-state index in [1.54, 1.807) is 26.0 Å². The molecule has 0 unspecified atom stereocenters. The average Bonchev–Trinajstić information content (AvgIpc) is 2.58. The Labute approximate surface area is 150 Å². The highest BCUT2D eigenvalue weighted by molar-refractivity contribution is 6.39. The minimum absolute atomic E-state index is 0.155. The highest BCUT2D eigenvalue weighted by Crippen LogP contribution is 2.19. The zero-order valence-corrected chi connectivity index (χ0v) is 14.8. The number of nitrogens with zero attached hydrogens (tertiary/aromatic N) is 2. The molecule has 1 heterocycles. The van der Waals surface area contributed by atoms with E-state index >= 15 is 0 Å². The number of rotatable bonds is 7. The van der Waals surface area contributed by atoms with Crippen molar-refractivity contribution in [2.45, 2.75) is 39.7 Å². The maximum absolute atomic E-state index is 13.0. The Morgan fingerprint density at radius 1 is 1.27 bits per heavy atom. The van der Waals surface area contributed by atoms with Crippen molar-refractivity contribution in [3.05, 3.63) is 35.6 Å². The van der Waals surface area contributed by atoms with Gasteiger partial charge >= 0.3 is 5.97 Å². The van der Waals surface area contributed by atoms with E-state index < -0.39 is 17.3 Å². The monoisotopic (exact) mass is 363 g/mol. The van der Waals surface area contributed by atoms with Crippen molar-refractivity contribution in [3.8, 4) is 0 Å². The van der Waals surface area contributed by atoms with Gasteiger partial charge in [0.2, 0.25) is 5.91 Å². The maximum Gasteiger partial charge on any atom is 0.309 e. The molecule has 0 atom stereocenters. The first-order valence-electron chi connectivity index (χ1n) is 8.33. The third kappa shape index (κ3) is 5.11. The van der Waals surface area contributed by atoms with E-state index in [1.165, 1.54) is 17.1 Å². The number of halogens is 1. The van der Waals surface area contributed by atoms with Crippen LogP contribution in [-0.4, -0.2) is 40.2 Å². The van der Waals surface area contributed by atoms with Crippen LogP contribution in [0.4, 0.5) is 4.39 Å². The summed E-state index contributed by atoms with van der Waals surface area (Å²) in [4.78, 5) is 35.3. The number of amides is 2. The van der Waals surface area contributed by atoms with Gasteiger partial charge in [-0.1, -0.05) is 12.1 Å². The largest absolute Gasteiger partial charge is 0.481 e. The first-order chi connectivity index (χ1) is 12.2. The standard InChI is InChI=1S/C18H22FN3O4/c1-18(2,17(25)26)9-10-20-16(24)14-7-8-15(23)22(21-14)11-12-3-5-13(19)6-4-12/h3-6H,7-11H2,1-2H3,(H,20,24)(H,25,26). The molecule has 2 amide bonds. The van der Waals surface area contributed by atoms with Gasteiger partial charge in [-0.15, -0.1) is 0 Å². The molecule has 0 fully saturated rings. The molecule has 0 saturated carbocycles. The van der Waals surface area contributed by atoms with Gasteiger partial charge in [0.1, 0.15) is 11.5 Å². The molecule has 1 aliphatic heterocycles. The van der Waals surface area contributed by atoms with E-state index in [2.05, 4.69) is 10.4 Å². The van der Waals surface area contributed by atoms with Gasteiger partial charge in [0.05, 0.1) is 12.0 Å². The fourth-order valence-electron chi connectivity index (χ4n) is 2.35. The molecule has 1 aliphatic rings. The zero-order valence-electron chi connectivity index (χ0n) is 14.8. The van der Waals surface area contributed by atoms with Crippen LogP contribution in [0.5, 0.6) is 0 Å². The lowest BCUT2D eigenvalue weighted by Crippen LogP contribution is -2.40. The van der Waals surface area contributed by atoms with Crippen molar-refractivity contribution < 1.29 is 23.9 Å². The second-order valence-electron chi connectivity index (χ2n) is 6.82. The van der Waals surface area contributed by atoms with Crippen molar-refractivity contribution in [1.29, 1.82) is 0 Å². The summed E-state index contributed by atoms with van der Waals surface area (Å²) in [6.07, 6.45) is 0.667. The molecular weight excluding hydrogens is 341 g/mol. The van der Waals surface area contributed by atoms with Crippen LogP contribution in [0.15, 0.2) is 29.4 Å². The van der Waals surface area contributed by atoms with Crippen LogP contribution in [-0.2, 0) is 20.9 Å². The summed E-state index contributed by atoms with van der Waals surface area (Å²) in [5.41, 5.74) is -0.0140. The molecule has 2 N–H and O–H groups in total. The number of hydrazone groups is 1. The lowest BCUT2D eigenvalue weighted by molar-refractivity contribution is -0.147. The molecule has 0 radical (unpaired) electrons. The van der Waals surface area contributed by atoms with Gasteiger partial charge in [-0.05, 0) is 38.0 Å². The lowest BCUT2D eigenvalue weighted by Gasteiger charge is -2.24. The smallest absolute Gasteiger partial charge is 0.309 e.